The van der Waals surface area contributed by atoms with Gasteiger partial charge in [-0.15, -0.1) is 0 Å². The molecule has 0 amide bonds. The Kier molecular flexibility index (Phi) is 18.7. The number of nitrogens with one attached hydrogen (secondary N) is 4. The van der Waals surface area contributed by atoms with Crippen LogP contribution >= 0.6 is 0 Å². The molecule has 4 heterocycles. The van der Waals surface area contributed by atoms with Crippen molar-refractivity contribution in [3.05, 3.63) is 197 Å². The van der Waals surface area contributed by atoms with Crippen LogP contribution in [0.2, 0.25) is 0 Å². The molecule has 18 nitrogen and oxygen atoms in total. The number of piperazine rings is 2. The second-order valence-electron chi connectivity index (χ2n) is 22.8. The number of sulfonamides is 2. The predicted molar refractivity (Wildman–Crippen MR) is 341 cm³/mol. The van der Waals surface area contributed by atoms with Gasteiger partial charge in [0.25, 0.3) is 20.0 Å². The van der Waals surface area contributed by atoms with Crippen molar-refractivity contribution in [3.8, 4) is 22.5 Å². The van der Waals surface area contributed by atoms with Crippen LogP contribution in [0.25, 0.3) is 22.5 Å². The molecule has 4 N–H and O–H groups in total. The lowest BCUT2D eigenvalue weighted by Crippen LogP contribution is -2.44. The van der Waals surface area contributed by atoms with Crippen molar-refractivity contribution < 1.29 is 29.6 Å². The first-order valence-corrected chi connectivity index (χ1v) is 34.3. The zero-order chi connectivity index (χ0) is 60.7. The summed E-state index contributed by atoms with van der Waals surface area (Å²) in [4.78, 5) is 28.0. The van der Waals surface area contributed by atoms with Gasteiger partial charge in [-0.05, 0) is 135 Å². The van der Waals surface area contributed by atoms with Crippen molar-refractivity contribution in [2.45, 2.75) is 52.2 Å². The number of halogens is 1. The normalized spacial score (nSPS) is 17.3. The highest BCUT2D eigenvalue weighted by Gasteiger charge is 2.31. The van der Waals surface area contributed by atoms with E-state index in [0.29, 0.717) is 29.7 Å². The molecule has 0 radical (unpaired) electrons. The molecule has 8 aromatic rings. The minimum Gasteiger partial charge on any atom is -0.354 e. The van der Waals surface area contributed by atoms with E-state index in [1.54, 1.807) is 24.3 Å². The molecule has 2 fully saturated rings. The maximum absolute atomic E-state index is 14.1. The van der Waals surface area contributed by atoms with Crippen molar-refractivity contribution in [2.75, 3.05) is 119 Å². The Morgan fingerprint density at radius 2 is 0.874 bits per heavy atom. The van der Waals surface area contributed by atoms with Gasteiger partial charge in [-0.3, -0.25) is 9.44 Å². The van der Waals surface area contributed by atoms with E-state index >= 15 is 0 Å². The quantitative estimate of drug-likeness (QED) is 0.0556. The van der Waals surface area contributed by atoms with Gasteiger partial charge < -0.3 is 30.2 Å². The highest BCUT2D eigenvalue weighted by atomic mass is 32.2. The first-order valence-electron chi connectivity index (χ1n) is 29.4. The van der Waals surface area contributed by atoms with Crippen LogP contribution in [-0.4, -0.2) is 164 Å². The third-order valence-corrected chi connectivity index (χ3v) is 20.8. The molecular formula is C65H73FN12O6S3. The summed E-state index contributed by atoms with van der Waals surface area (Å²) in [7, 11) is -7.56. The molecule has 0 saturated carbocycles. The number of aromatic nitrogens is 4. The molecule has 2 saturated heterocycles. The third kappa shape index (κ3) is 14.7. The standard InChI is InChI=1S/C33H38N6O4S2.C32H35FN6O2S/c1-38-18-20-39(21-19-38)17-7-16-34-33-35-23-25-22-29(27-8-3-4-9-28(27)32(25)36-33)24-12-14-26(15-13-24)37-45(42,43)31-11-6-5-10-30(31)44(2,40)41;1-38-17-19-39(20-18-38)16-6-15-34-32-35-22-24-21-28(26-7-2-3-8-27(26)31(24)36-32)23-11-13-25(14-12-23)37-42(40,41)30-10-5-4-9-29(30)33/h3-6,8-15,23,29,37H,7,16-22H2,1-2H3,(H,34,35,36);2-5,7-14,22,28,37H,6,15-21H2,1H3,(H,34,35,36). The molecule has 6 aromatic carbocycles. The number of rotatable bonds is 19. The van der Waals surface area contributed by atoms with Gasteiger partial charge >= 0.3 is 0 Å². The topological polar surface area (TPSA) is 215 Å². The summed E-state index contributed by atoms with van der Waals surface area (Å²) < 4.78 is 95.3. The van der Waals surface area contributed by atoms with Crippen molar-refractivity contribution >= 4 is 53.2 Å². The monoisotopic (exact) mass is 1230 g/mol. The molecule has 454 valence electrons. The number of benzene rings is 6. The number of hydrogen-bond acceptors (Lipinski definition) is 16. The fourth-order valence-electron chi connectivity index (χ4n) is 11.8. The summed E-state index contributed by atoms with van der Waals surface area (Å²) in [6.45, 7) is 12.7. The Bertz CT molecular complexity index is 4070. The Morgan fingerprint density at radius 1 is 0.483 bits per heavy atom. The van der Waals surface area contributed by atoms with E-state index in [9.17, 15) is 29.6 Å². The average Bonchev–Trinajstić information content (AvgIpc) is 2.27. The molecule has 0 spiro atoms. The van der Waals surface area contributed by atoms with Gasteiger partial charge in [-0.25, -0.2) is 49.6 Å². The fraction of sp³-hybridized carbons (Fsp3) is 0.323. The Labute approximate surface area is 510 Å². The van der Waals surface area contributed by atoms with Crippen molar-refractivity contribution in [2.24, 2.45) is 0 Å². The first-order chi connectivity index (χ1) is 42.0. The summed E-state index contributed by atoms with van der Waals surface area (Å²) in [5.74, 6) is 0.597. The number of hydrogen-bond donors (Lipinski definition) is 4. The molecule has 2 aliphatic carbocycles. The van der Waals surface area contributed by atoms with Crippen LogP contribution in [0, 0.1) is 5.82 Å². The van der Waals surface area contributed by atoms with Crippen LogP contribution in [0.15, 0.2) is 173 Å². The summed E-state index contributed by atoms with van der Waals surface area (Å²) in [5, 5.41) is 6.83. The van der Waals surface area contributed by atoms with Gasteiger partial charge in [0.2, 0.25) is 11.9 Å². The van der Waals surface area contributed by atoms with Crippen LogP contribution in [0.1, 0.15) is 58.1 Å². The number of sulfone groups is 1. The zero-order valence-electron chi connectivity index (χ0n) is 49.1. The van der Waals surface area contributed by atoms with Crippen LogP contribution in [0.3, 0.4) is 0 Å². The summed E-state index contributed by atoms with van der Waals surface area (Å²) in [5.41, 5.74) is 11.3. The van der Waals surface area contributed by atoms with E-state index in [1.807, 2.05) is 60.9 Å². The Hall–Kier alpha value is -7.70. The number of nitrogens with zero attached hydrogens (tertiary/aromatic N) is 8. The van der Waals surface area contributed by atoms with E-state index in [1.165, 1.54) is 48.0 Å². The number of fused-ring (bicyclic) bond motifs is 6. The van der Waals surface area contributed by atoms with E-state index < -0.39 is 35.7 Å². The van der Waals surface area contributed by atoms with E-state index in [2.05, 4.69) is 88.0 Å². The predicted octanol–water partition coefficient (Wildman–Crippen LogP) is 8.91. The van der Waals surface area contributed by atoms with Crippen LogP contribution < -0.4 is 20.1 Å². The van der Waals surface area contributed by atoms with Gasteiger partial charge in [0, 0.05) is 118 Å². The maximum Gasteiger partial charge on any atom is 0.264 e. The third-order valence-electron chi connectivity index (χ3n) is 16.6. The SMILES string of the molecule is CN1CCN(CCCNc2ncc3c(n2)-c2ccccc2C(c2ccc(NS(=O)(=O)c4ccccc4F)cc2)C3)CC1.CN1CCN(CCCNc2ncc3c(n2)-c2ccccc2C(c2ccc(NS(=O)(=O)c4ccccc4S(C)(=O)=O)cc2)C3)CC1. The van der Waals surface area contributed by atoms with Gasteiger partial charge in [0.15, 0.2) is 9.84 Å². The molecule has 87 heavy (non-hydrogen) atoms. The smallest absolute Gasteiger partial charge is 0.264 e. The highest BCUT2D eigenvalue weighted by molar-refractivity contribution is 7.95. The zero-order valence-corrected chi connectivity index (χ0v) is 51.6. The second-order valence-corrected chi connectivity index (χ2v) is 28.1. The number of likely N-dealkylation sites (N-methyl/N-ethyl adjacent to an activating group) is 2. The van der Waals surface area contributed by atoms with Gasteiger partial charge in [0.05, 0.1) is 16.3 Å². The van der Waals surface area contributed by atoms with Gasteiger partial charge in [-0.1, -0.05) is 97.1 Å². The molecule has 2 aliphatic heterocycles. The van der Waals surface area contributed by atoms with Crippen molar-refractivity contribution in [1.82, 2.24) is 39.5 Å². The molecule has 4 aliphatic rings. The molecule has 12 rings (SSSR count). The van der Waals surface area contributed by atoms with E-state index in [0.717, 1.165) is 160 Å². The fourth-order valence-corrected chi connectivity index (χ4v) is 15.6. The molecular weight excluding hydrogens is 1160 g/mol. The molecule has 2 atom stereocenters. The highest BCUT2D eigenvalue weighted by Crippen LogP contribution is 2.44. The summed E-state index contributed by atoms with van der Waals surface area (Å²) in [6.07, 6.45) is 8.34. The van der Waals surface area contributed by atoms with E-state index in [-0.39, 0.29) is 26.5 Å². The van der Waals surface area contributed by atoms with Gasteiger partial charge in [-0.2, -0.15) is 0 Å². The van der Waals surface area contributed by atoms with Gasteiger partial charge in [0.1, 0.15) is 15.6 Å². The number of anilines is 4. The molecule has 0 bridgehead atoms. The lowest BCUT2D eigenvalue weighted by atomic mass is 9.78. The van der Waals surface area contributed by atoms with Crippen LogP contribution in [0.4, 0.5) is 27.7 Å². The minimum absolute atomic E-state index is 0.0383. The largest absolute Gasteiger partial charge is 0.354 e. The summed E-state index contributed by atoms with van der Waals surface area (Å²) in [6, 6.07) is 42.0. The average molecular weight is 1230 g/mol. The molecule has 22 heteroatoms. The Balaban J connectivity index is 0.000000181. The first kappa shape index (κ1) is 61.0. The van der Waals surface area contributed by atoms with Crippen LogP contribution in [0.5, 0.6) is 0 Å². The second kappa shape index (κ2) is 26.7. The van der Waals surface area contributed by atoms with Crippen molar-refractivity contribution in [3.63, 3.8) is 0 Å². The lowest BCUT2D eigenvalue weighted by molar-refractivity contribution is 0.154. The maximum atomic E-state index is 14.1. The Morgan fingerprint density at radius 3 is 1.31 bits per heavy atom. The molecule has 2 aromatic heterocycles. The van der Waals surface area contributed by atoms with E-state index in [4.69, 9.17) is 9.97 Å². The van der Waals surface area contributed by atoms with Crippen molar-refractivity contribution in [1.29, 1.82) is 0 Å². The molecule has 2 unspecified atom stereocenters. The minimum atomic E-state index is -4.13. The van der Waals surface area contributed by atoms with Crippen LogP contribution in [-0.2, 0) is 42.7 Å². The lowest BCUT2D eigenvalue weighted by Gasteiger charge is -2.32. The summed E-state index contributed by atoms with van der Waals surface area (Å²) >= 11 is 0.